The fourth-order valence-corrected chi connectivity index (χ4v) is 4.14. The molecule has 2 aromatic rings. The van der Waals surface area contributed by atoms with Gasteiger partial charge in [-0.3, -0.25) is 9.69 Å². The lowest BCUT2D eigenvalue weighted by atomic mass is 9.84. The predicted octanol–water partition coefficient (Wildman–Crippen LogP) is 3.59. The quantitative estimate of drug-likeness (QED) is 0.598. The van der Waals surface area contributed by atoms with E-state index in [0.29, 0.717) is 38.3 Å². The highest BCUT2D eigenvalue weighted by atomic mass is 16.2. The molecule has 162 valence electrons. The van der Waals surface area contributed by atoms with Gasteiger partial charge in [-0.2, -0.15) is 5.26 Å². The van der Waals surface area contributed by atoms with Crippen molar-refractivity contribution in [2.24, 2.45) is 5.92 Å². The molecule has 1 aliphatic rings. The summed E-state index contributed by atoms with van der Waals surface area (Å²) in [5, 5.41) is 12.0. The number of rotatable bonds is 10. The number of imide groups is 1. The van der Waals surface area contributed by atoms with Crippen LogP contribution in [0.3, 0.4) is 0 Å². The first-order valence-electron chi connectivity index (χ1n) is 10.7. The van der Waals surface area contributed by atoms with Crippen LogP contribution < -0.4 is 5.32 Å². The summed E-state index contributed by atoms with van der Waals surface area (Å²) in [7, 11) is 0. The van der Waals surface area contributed by atoms with Crippen molar-refractivity contribution in [2.75, 3.05) is 19.8 Å². The van der Waals surface area contributed by atoms with E-state index in [1.54, 1.807) is 0 Å². The molecule has 0 unspecified atom stereocenters. The monoisotopic (exact) mass is 418 g/mol. The van der Waals surface area contributed by atoms with E-state index in [9.17, 15) is 9.59 Å². The summed E-state index contributed by atoms with van der Waals surface area (Å²) in [6.45, 7) is 5.59. The van der Waals surface area contributed by atoms with Crippen molar-refractivity contribution >= 4 is 11.9 Å². The fourth-order valence-electron chi connectivity index (χ4n) is 4.14. The number of amides is 3. The maximum atomic E-state index is 13.7. The third-order valence-corrected chi connectivity index (χ3v) is 5.45. The molecule has 1 fully saturated rings. The van der Waals surface area contributed by atoms with Crippen molar-refractivity contribution in [2.45, 2.75) is 38.6 Å². The summed E-state index contributed by atoms with van der Waals surface area (Å²) in [4.78, 5) is 30.0. The van der Waals surface area contributed by atoms with Crippen molar-refractivity contribution in [1.82, 2.24) is 15.1 Å². The largest absolute Gasteiger partial charge is 0.326 e. The number of nitrogens with one attached hydrogen (secondary N) is 1. The molecule has 1 saturated heterocycles. The third kappa shape index (κ3) is 5.71. The van der Waals surface area contributed by atoms with Crippen LogP contribution in [0.5, 0.6) is 0 Å². The Hall–Kier alpha value is -3.17. The lowest BCUT2D eigenvalue weighted by Crippen LogP contribution is -2.51. The van der Waals surface area contributed by atoms with Crippen LogP contribution in [0.2, 0.25) is 0 Å². The van der Waals surface area contributed by atoms with Crippen molar-refractivity contribution in [1.29, 1.82) is 5.26 Å². The molecule has 0 bridgehead atoms. The molecule has 0 saturated carbocycles. The Labute approximate surface area is 184 Å². The Morgan fingerprint density at radius 2 is 1.55 bits per heavy atom. The Bertz CT molecular complexity index is 880. The minimum atomic E-state index is -1.03. The summed E-state index contributed by atoms with van der Waals surface area (Å²) in [5.74, 6) is 0.147. The first kappa shape index (κ1) is 22.5. The number of nitriles is 1. The standard InChI is InChI=1S/C25H30N4O2/c1-20(2)18-28(15-9-14-26)19-29-23(30)25(27-24(29)31,16-21-10-5-3-6-11-21)17-22-12-7-4-8-13-22/h3-8,10-13,20H,9,15-19H2,1-2H3,(H,27,31). The van der Waals surface area contributed by atoms with E-state index in [2.05, 4.69) is 25.2 Å². The van der Waals surface area contributed by atoms with Crippen LogP contribution in [-0.2, 0) is 17.6 Å². The predicted molar refractivity (Wildman–Crippen MR) is 120 cm³/mol. The summed E-state index contributed by atoms with van der Waals surface area (Å²) < 4.78 is 0. The molecular weight excluding hydrogens is 388 g/mol. The molecule has 1 N–H and O–H groups in total. The third-order valence-electron chi connectivity index (χ3n) is 5.45. The first-order chi connectivity index (χ1) is 14.9. The zero-order valence-corrected chi connectivity index (χ0v) is 18.3. The number of hydrogen-bond acceptors (Lipinski definition) is 4. The van der Waals surface area contributed by atoms with Crippen LogP contribution in [0.1, 0.15) is 31.4 Å². The van der Waals surface area contributed by atoms with E-state index < -0.39 is 5.54 Å². The van der Waals surface area contributed by atoms with E-state index in [4.69, 9.17) is 5.26 Å². The van der Waals surface area contributed by atoms with Gasteiger partial charge in [-0.15, -0.1) is 0 Å². The van der Waals surface area contributed by atoms with Gasteiger partial charge < -0.3 is 5.32 Å². The zero-order chi connectivity index (χ0) is 22.3. The lowest BCUT2D eigenvalue weighted by Gasteiger charge is -2.29. The smallest absolute Gasteiger partial charge is 0.322 e. The Morgan fingerprint density at radius 3 is 2.03 bits per heavy atom. The topological polar surface area (TPSA) is 76.4 Å². The van der Waals surface area contributed by atoms with Gasteiger partial charge in [0.1, 0.15) is 5.54 Å². The molecule has 3 rings (SSSR count). The van der Waals surface area contributed by atoms with Crippen LogP contribution in [0.25, 0.3) is 0 Å². The Balaban J connectivity index is 1.88. The van der Waals surface area contributed by atoms with Crippen LogP contribution in [-0.4, -0.2) is 47.0 Å². The van der Waals surface area contributed by atoms with Crippen molar-refractivity contribution in [3.63, 3.8) is 0 Å². The average molecular weight is 419 g/mol. The molecule has 6 nitrogen and oxygen atoms in total. The average Bonchev–Trinajstić information content (AvgIpc) is 2.97. The van der Waals surface area contributed by atoms with Gasteiger partial charge in [0.2, 0.25) is 0 Å². The summed E-state index contributed by atoms with van der Waals surface area (Å²) in [6.07, 6.45) is 1.20. The first-order valence-corrected chi connectivity index (χ1v) is 10.7. The van der Waals surface area contributed by atoms with Crippen LogP contribution >= 0.6 is 0 Å². The van der Waals surface area contributed by atoms with Gasteiger partial charge in [-0.05, 0) is 17.0 Å². The molecule has 3 amide bonds. The number of hydrogen-bond donors (Lipinski definition) is 1. The molecule has 0 aromatic heterocycles. The second-order valence-corrected chi connectivity index (χ2v) is 8.59. The molecule has 0 spiro atoms. The van der Waals surface area contributed by atoms with Gasteiger partial charge >= 0.3 is 6.03 Å². The van der Waals surface area contributed by atoms with Crippen LogP contribution in [0.15, 0.2) is 60.7 Å². The number of carbonyl (C=O) groups is 2. The maximum Gasteiger partial charge on any atom is 0.326 e. The van der Waals surface area contributed by atoms with Gasteiger partial charge in [0, 0.05) is 32.4 Å². The van der Waals surface area contributed by atoms with Crippen LogP contribution in [0, 0.1) is 17.2 Å². The van der Waals surface area contributed by atoms with Gasteiger partial charge in [-0.25, -0.2) is 9.69 Å². The molecule has 1 aliphatic heterocycles. The lowest BCUT2D eigenvalue weighted by molar-refractivity contribution is -0.132. The summed E-state index contributed by atoms with van der Waals surface area (Å²) in [6, 6.07) is 21.3. The summed E-state index contributed by atoms with van der Waals surface area (Å²) in [5.41, 5.74) is 0.966. The van der Waals surface area contributed by atoms with Gasteiger partial charge in [0.05, 0.1) is 12.7 Å². The van der Waals surface area contributed by atoms with E-state index in [1.807, 2.05) is 65.6 Å². The molecule has 0 atom stereocenters. The molecule has 2 aromatic carbocycles. The second kappa shape index (κ2) is 10.2. The number of benzene rings is 2. The minimum absolute atomic E-state index is 0.190. The Kier molecular flexibility index (Phi) is 7.43. The highest BCUT2D eigenvalue weighted by molar-refractivity contribution is 6.07. The van der Waals surface area contributed by atoms with Crippen molar-refractivity contribution in [3.05, 3.63) is 71.8 Å². The molecule has 0 radical (unpaired) electrons. The van der Waals surface area contributed by atoms with Crippen LogP contribution in [0.4, 0.5) is 4.79 Å². The van der Waals surface area contributed by atoms with E-state index in [1.165, 1.54) is 4.90 Å². The van der Waals surface area contributed by atoms with Gasteiger partial charge in [0.25, 0.3) is 5.91 Å². The summed E-state index contributed by atoms with van der Waals surface area (Å²) >= 11 is 0. The van der Waals surface area contributed by atoms with Gasteiger partial charge in [-0.1, -0.05) is 74.5 Å². The normalized spacial score (nSPS) is 15.4. The number of urea groups is 1. The molecule has 0 aliphatic carbocycles. The molecule has 6 heteroatoms. The molecule has 31 heavy (non-hydrogen) atoms. The highest BCUT2D eigenvalue weighted by Gasteiger charge is 2.51. The SMILES string of the molecule is CC(C)CN(CCC#N)CN1C(=O)NC(Cc2ccccc2)(Cc2ccccc2)C1=O. The number of carbonyl (C=O) groups excluding carboxylic acids is 2. The van der Waals surface area contributed by atoms with Crippen molar-refractivity contribution in [3.8, 4) is 6.07 Å². The highest BCUT2D eigenvalue weighted by Crippen LogP contribution is 2.27. The number of nitrogens with zero attached hydrogens (tertiary/aromatic N) is 3. The fraction of sp³-hybridized carbons (Fsp3) is 0.400. The Morgan fingerprint density at radius 1 is 1.00 bits per heavy atom. The van der Waals surface area contributed by atoms with E-state index in [-0.39, 0.29) is 18.6 Å². The van der Waals surface area contributed by atoms with E-state index in [0.717, 1.165) is 11.1 Å². The molecular formula is C25H30N4O2. The zero-order valence-electron chi connectivity index (χ0n) is 18.3. The molecule has 1 heterocycles. The van der Waals surface area contributed by atoms with E-state index >= 15 is 0 Å². The second-order valence-electron chi connectivity index (χ2n) is 8.59. The minimum Gasteiger partial charge on any atom is -0.322 e. The van der Waals surface area contributed by atoms with Crippen molar-refractivity contribution < 1.29 is 9.59 Å². The van der Waals surface area contributed by atoms with Gasteiger partial charge in [0.15, 0.2) is 0 Å². The maximum absolute atomic E-state index is 13.7.